The minimum atomic E-state index is -0.185. The Morgan fingerprint density at radius 1 is 1.50 bits per heavy atom. The molecule has 2 heterocycles. The second kappa shape index (κ2) is 4.84. The summed E-state index contributed by atoms with van der Waals surface area (Å²) in [4.78, 5) is 14.0. The molecule has 2 aliphatic rings. The van der Waals surface area contributed by atoms with Crippen LogP contribution < -0.4 is 5.32 Å². The number of rotatable bonds is 2. The van der Waals surface area contributed by atoms with Gasteiger partial charge in [-0.1, -0.05) is 6.92 Å². The van der Waals surface area contributed by atoms with E-state index in [1.807, 2.05) is 0 Å². The molecule has 88 valence electrons. The van der Waals surface area contributed by atoms with Crippen molar-refractivity contribution < 1.29 is 4.79 Å². The highest BCUT2D eigenvalue weighted by Gasteiger charge is 2.36. The molecule has 1 N–H and O–H groups in total. The minimum Gasteiger partial charge on any atom is -0.325 e. The van der Waals surface area contributed by atoms with Gasteiger partial charge in [0, 0.05) is 12.6 Å². The lowest BCUT2D eigenvalue weighted by molar-refractivity contribution is -0.133. The van der Waals surface area contributed by atoms with Crippen LogP contribution in [0.15, 0.2) is 0 Å². The molecule has 2 aliphatic heterocycles. The number of likely N-dealkylation sites (tertiary alicyclic amines) is 1. The van der Waals surface area contributed by atoms with E-state index in [4.69, 9.17) is 5.26 Å². The van der Waals surface area contributed by atoms with E-state index in [9.17, 15) is 4.79 Å². The molecular formula is C12H19N3O. The zero-order valence-corrected chi connectivity index (χ0v) is 9.78. The zero-order chi connectivity index (χ0) is 11.5. The maximum Gasteiger partial charge on any atom is 0.240 e. The van der Waals surface area contributed by atoms with Crippen LogP contribution in [0.1, 0.15) is 39.0 Å². The Morgan fingerprint density at radius 3 is 2.94 bits per heavy atom. The molecule has 0 unspecified atom stereocenters. The molecule has 4 nitrogen and oxygen atoms in total. The standard InChI is InChI=1S/C12H19N3O/c1-2-9-5-6-11(14-9)12(16)15-7-3-4-10(15)8-13/h9-11,14H,2-7H2,1H3/t9-,10-,11+/m0/s1. The molecule has 16 heavy (non-hydrogen) atoms. The van der Waals surface area contributed by atoms with Crippen molar-refractivity contribution in [3.8, 4) is 6.07 Å². The molecule has 1 amide bonds. The van der Waals surface area contributed by atoms with Crippen LogP contribution in [0.25, 0.3) is 0 Å². The summed E-state index contributed by atoms with van der Waals surface area (Å²) in [6, 6.07) is 2.48. The maximum atomic E-state index is 12.2. The van der Waals surface area contributed by atoms with E-state index in [-0.39, 0.29) is 18.0 Å². The Hall–Kier alpha value is -1.08. The van der Waals surface area contributed by atoms with Crippen LogP contribution in [0.2, 0.25) is 0 Å². The lowest BCUT2D eigenvalue weighted by Crippen LogP contribution is -2.46. The highest BCUT2D eigenvalue weighted by atomic mass is 16.2. The summed E-state index contributed by atoms with van der Waals surface area (Å²) in [6.45, 7) is 2.89. The topological polar surface area (TPSA) is 56.1 Å². The minimum absolute atomic E-state index is 0.0427. The Morgan fingerprint density at radius 2 is 2.31 bits per heavy atom. The van der Waals surface area contributed by atoms with Crippen molar-refractivity contribution in [1.29, 1.82) is 5.26 Å². The summed E-state index contributed by atoms with van der Waals surface area (Å²) in [5, 5.41) is 12.3. The van der Waals surface area contributed by atoms with Crippen molar-refractivity contribution in [2.75, 3.05) is 6.54 Å². The molecule has 4 heteroatoms. The molecule has 0 radical (unpaired) electrons. The number of nitrogens with zero attached hydrogens (tertiary/aromatic N) is 2. The second-order valence-corrected chi connectivity index (χ2v) is 4.72. The summed E-state index contributed by atoms with van der Waals surface area (Å²) < 4.78 is 0. The number of carbonyl (C=O) groups excluding carboxylic acids is 1. The first-order chi connectivity index (χ1) is 7.76. The van der Waals surface area contributed by atoms with Gasteiger partial charge >= 0.3 is 0 Å². The predicted molar refractivity (Wildman–Crippen MR) is 60.6 cm³/mol. The van der Waals surface area contributed by atoms with Crippen molar-refractivity contribution in [3.63, 3.8) is 0 Å². The van der Waals surface area contributed by atoms with Crippen LogP contribution in [0.4, 0.5) is 0 Å². The molecule has 2 fully saturated rings. The molecule has 0 saturated carbocycles. The van der Waals surface area contributed by atoms with Gasteiger partial charge in [-0.05, 0) is 32.1 Å². The van der Waals surface area contributed by atoms with Gasteiger partial charge in [-0.15, -0.1) is 0 Å². The fraction of sp³-hybridized carbons (Fsp3) is 0.833. The highest BCUT2D eigenvalue weighted by molar-refractivity contribution is 5.83. The zero-order valence-electron chi connectivity index (χ0n) is 9.78. The van der Waals surface area contributed by atoms with Crippen LogP contribution in [0.5, 0.6) is 0 Å². The van der Waals surface area contributed by atoms with Gasteiger partial charge in [-0.2, -0.15) is 5.26 Å². The van der Waals surface area contributed by atoms with Crippen molar-refractivity contribution in [2.45, 2.75) is 57.2 Å². The molecule has 3 atom stereocenters. The van der Waals surface area contributed by atoms with E-state index in [1.165, 1.54) is 0 Å². The van der Waals surface area contributed by atoms with Gasteiger partial charge in [-0.3, -0.25) is 4.79 Å². The number of nitriles is 1. The van der Waals surface area contributed by atoms with Gasteiger partial charge in [0.05, 0.1) is 12.1 Å². The van der Waals surface area contributed by atoms with E-state index in [2.05, 4.69) is 18.3 Å². The van der Waals surface area contributed by atoms with Crippen molar-refractivity contribution in [2.24, 2.45) is 0 Å². The average Bonchev–Trinajstić information content (AvgIpc) is 2.96. The maximum absolute atomic E-state index is 12.2. The molecule has 0 aromatic rings. The summed E-state index contributed by atoms with van der Waals surface area (Å²) in [5.41, 5.74) is 0. The van der Waals surface area contributed by atoms with Gasteiger partial charge in [0.2, 0.25) is 5.91 Å². The largest absolute Gasteiger partial charge is 0.325 e. The SMILES string of the molecule is CC[C@H]1CC[C@H](C(=O)N2CCC[C@H]2C#N)N1. The molecule has 2 saturated heterocycles. The fourth-order valence-electron chi connectivity index (χ4n) is 2.70. The summed E-state index contributed by atoms with van der Waals surface area (Å²) in [6.07, 6.45) is 4.88. The van der Waals surface area contributed by atoms with E-state index in [0.717, 1.165) is 38.6 Å². The summed E-state index contributed by atoms with van der Waals surface area (Å²) in [7, 11) is 0. The molecular weight excluding hydrogens is 202 g/mol. The van der Waals surface area contributed by atoms with Crippen molar-refractivity contribution in [1.82, 2.24) is 10.2 Å². The Balaban J connectivity index is 1.95. The van der Waals surface area contributed by atoms with Gasteiger partial charge in [-0.25, -0.2) is 0 Å². The third-order valence-electron chi connectivity index (χ3n) is 3.72. The highest BCUT2D eigenvalue weighted by Crippen LogP contribution is 2.22. The van der Waals surface area contributed by atoms with E-state index in [0.29, 0.717) is 6.04 Å². The predicted octanol–water partition coefficient (Wildman–Crippen LogP) is 1.03. The summed E-state index contributed by atoms with van der Waals surface area (Å²) >= 11 is 0. The van der Waals surface area contributed by atoms with Gasteiger partial charge in [0.25, 0.3) is 0 Å². The van der Waals surface area contributed by atoms with Crippen LogP contribution in [0.3, 0.4) is 0 Å². The average molecular weight is 221 g/mol. The van der Waals surface area contributed by atoms with Crippen molar-refractivity contribution >= 4 is 5.91 Å². The first-order valence-electron chi connectivity index (χ1n) is 6.22. The van der Waals surface area contributed by atoms with E-state index < -0.39 is 0 Å². The van der Waals surface area contributed by atoms with Crippen LogP contribution in [0, 0.1) is 11.3 Å². The first-order valence-corrected chi connectivity index (χ1v) is 6.22. The fourth-order valence-corrected chi connectivity index (χ4v) is 2.70. The number of hydrogen-bond donors (Lipinski definition) is 1. The molecule has 2 rings (SSSR count). The lowest BCUT2D eigenvalue weighted by Gasteiger charge is -2.23. The third kappa shape index (κ3) is 2.05. The van der Waals surface area contributed by atoms with E-state index >= 15 is 0 Å². The first kappa shape index (κ1) is 11.4. The molecule has 0 bridgehead atoms. The number of nitrogens with one attached hydrogen (secondary N) is 1. The van der Waals surface area contributed by atoms with Crippen LogP contribution >= 0.6 is 0 Å². The molecule has 0 aromatic heterocycles. The quantitative estimate of drug-likeness (QED) is 0.757. The lowest BCUT2D eigenvalue weighted by atomic mass is 10.1. The van der Waals surface area contributed by atoms with Gasteiger partial charge < -0.3 is 10.2 Å². The Kier molecular flexibility index (Phi) is 3.45. The number of amides is 1. The van der Waals surface area contributed by atoms with Crippen LogP contribution in [-0.4, -0.2) is 35.5 Å². The van der Waals surface area contributed by atoms with E-state index in [1.54, 1.807) is 4.90 Å². The monoisotopic (exact) mass is 221 g/mol. The smallest absolute Gasteiger partial charge is 0.240 e. The molecule has 0 aliphatic carbocycles. The Bertz CT molecular complexity index is 310. The third-order valence-corrected chi connectivity index (χ3v) is 3.72. The molecule has 0 aromatic carbocycles. The van der Waals surface area contributed by atoms with Gasteiger partial charge in [0.15, 0.2) is 0 Å². The van der Waals surface area contributed by atoms with Crippen molar-refractivity contribution in [3.05, 3.63) is 0 Å². The Labute approximate surface area is 96.6 Å². The number of hydrogen-bond acceptors (Lipinski definition) is 3. The number of carbonyl (C=O) groups is 1. The molecule has 0 spiro atoms. The van der Waals surface area contributed by atoms with Crippen LogP contribution in [-0.2, 0) is 4.79 Å². The normalized spacial score (nSPS) is 34.0. The van der Waals surface area contributed by atoms with Gasteiger partial charge in [0.1, 0.15) is 6.04 Å². The second-order valence-electron chi connectivity index (χ2n) is 4.72. The summed E-state index contributed by atoms with van der Waals surface area (Å²) in [5.74, 6) is 0.139.